The van der Waals surface area contributed by atoms with E-state index in [-0.39, 0.29) is 29.0 Å². The standard InChI is InChI=1S/C21H27N3O4S/c1-15(2)20(23-19(25)14-16-8-6-5-7-9-16)21(26)22-17-10-12-18(13-11-17)29(27,28)24(3)4/h5-13,15,20H,14H2,1-4H3,(H,22,26)(H,23,25)/t20-/m0/s1. The summed E-state index contributed by atoms with van der Waals surface area (Å²) in [6.45, 7) is 3.69. The number of rotatable bonds is 8. The summed E-state index contributed by atoms with van der Waals surface area (Å²) in [5.74, 6) is -0.717. The fourth-order valence-electron chi connectivity index (χ4n) is 2.68. The van der Waals surface area contributed by atoms with Gasteiger partial charge >= 0.3 is 0 Å². The highest BCUT2D eigenvalue weighted by atomic mass is 32.2. The molecule has 0 radical (unpaired) electrons. The molecule has 7 nitrogen and oxygen atoms in total. The molecule has 0 unspecified atom stereocenters. The van der Waals surface area contributed by atoms with Gasteiger partial charge in [0.05, 0.1) is 11.3 Å². The Kier molecular flexibility index (Phi) is 7.53. The number of anilines is 1. The minimum Gasteiger partial charge on any atom is -0.344 e. The first-order chi connectivity index (χ1) is 13.6. The molecule has 0 aliphatic carbocycles. The molecule has 0 aliphatic heterocycles. The van der Waals surface area contributed by atoms with Crippen LogP contribution in [0.3, 0.4) is 0 Å². The summed E-state index contributed by atoms with van der Waals surface area (Å²) in [5.41, 5.74) is 1.32. The summed E-state index contributed by atoms with van der Waals surface area (Å²) in [5, 5.41) is 5.52. The average Bonchev–Trinajstić information content (AvgIpc) is 2.67. The summed E-state index contributed by atoms with van der Waals surface area (Å²) < 4.78 is 25.4. The number of carbonyl (C=O) groups excluding carboxylic acids is 2. The van der Waals surface area contributed by atoms with Crippen molar-refractivity contribution in [3.8, 4) is 0 Å². The van der Waals surface area contributed by atoms with Crippen LogP contribution in [0.2, 0.25) is 0 Å². The molecule has 0 aliphatic rings. The molecule has 2 aromatic carbocycles. The minimum atomic E-state index is -3.53. The SMILES string of the molecule is CC(C)[C@H](NC(=O)Cc1ccccc1)C(=O)Nc1ccc(S(=O)(=O)N(C)C)cc1. The Bertz CT molecular complexity index is 940. The molecule has 0 aromatic heterocycles. The van der Waals surface area contributed by atoms with Gasteiger partial charge in [0.25, 0.3) is 0 Å². The molecule has 2 aromatic rings. The van der Waals surface area contributed by atoms with Crippen LogP contribution >= 0.6 is 0 Å². The van der Waals surface area contributed by atoms with E-state index in [1.165, 1.54) is 38.4 Å². The Morgan fingerprint density at radius 2 is 1.55 bits per heavy atom. The number of hydrogen-bond donors (Lipinski definition) is 2. The van der Waals surface area contributed by atoms with Crippen molar-refractivity contribution >= 4 is 27.5 Å². The van der Waals surface area contributed by atoms with E-state index < -0.39 is 16.1 Å². The number of carbonyl (C=O) groups is 2. The average molecular weight is 418 g/mol. The summed E-state index contributed by atoms with van der Waals surface area (Å²) >= 11 is 0. The summed E-state index contributed by atoms with van der Waals surface area (Å²) in [7, 11) is -0.624. The van der Waals surface area contributed by atoms with Crippen molar-refractivity contribution < 1.29 is 18.0 Å². The van der Waals surface area contributed by atoms with Crippen molar-refractivity contribution in [3.63, 3.8) is 0 Å². The van der Waals surface area contributed by atoms with Gasteiger partial charge in [0, 0.05) is 19.8 Å². The van der Waals surface area contributed by atoms with Crippen LogP contribution in [-0.4, -0.2) is 44.7 Å². The molecule has 8 heteroatoms. The second-order valence-electron chi connectivity index (χ2n) is 7.25. The van der Waals surface area contributed by atoms with Crippen LogP contribution in [-0.2, 0) is 26.0 Å². The van der Waals surface area contributed by atoms with Crippen LogP contribution in [0.25, 0.3) is 0 Å². The van der Waals surface area contributed by atoms with E-state index in [0.717, 1.165) is 9.87 Å². The maximum Gasteiger partial charge on any atom is 0.247 e. The van der Waals surface area contributed by atoms with Crippen LogP contribution in [0.1, 0.15) is 19.4 Å². The van der Waals surface area contributed by atoms with Crippen molar-refractivity contribution in [2.45, 2.75) is 31.2 Å². The molecular weight excluding hydrogens is 390 g/mol. The summed E-state index contributed by atoms with van der Waals surface area (Å²) in [6.07, 6.45) is 0.189. The van der Waals surface area contributed by atoms with E-state index in [9.17, 15) is 18.0 Å². The fraction of sp³-hybridized carbons (Fsp3) is 0.333. The molecule has 0 bridgehead atoms. The molecule has 1 atom stereocenters. The van der Waals surface area contributed by atoms with Crippen LogP contribution in [0.4, 0.5) is 5.69 Å². The zero-order valence-electron chi connectivity index (χ0n) is 17.0. The first-order valence-electron chi connectivity index (χ1n) is 9.28. The number of hydrogen-bond acceptors (Lipinski definition) is 4. The van der Waals surface area contributed by atoms with Crippen molar-refractivity contribution in [2.75, 3.05) is 19.4 Å². The van der Waals surface area contributed by atoms with Crippen molar-refractivity contribution in [3.05, 3.63) is 60.2 Å². The third kappa shape index (κ3) is 6.13. The van der Waals surface area contributed by atoms with Gasteiger partial charge in [0.2, 0.25) is 21.8 Å². The Morgan fingerprint density at radius 1 is 0.966 bits per heavy atom. The van der Waals surface area contributed by atoms with Crippen LogP contribution in [0.15, 0.2) is 59.5 Å². The predicted octanol–water partition coefficient (Wildman–Crippen LogP) is 2.26. The lowest BCUT2D eigenvalue weighted by Gasteiger charge is -2.22. The quantitative estimate of drug-likeness (QED) is 0.689. The van der Waals surface area contributed by atoms with E-state index in [1.807, 2.05) is 44.2 Å². The molecule has 0 saturated carbocycles. The molecule has 2 amide bonds. The normalized spacial score (nSPS) is 12.6. The van der Waals surface area contributed by atoms with E-state index >= 15 is 0 Å². The highest BCUT2D eigenvalue weighted by Crippen LogP contribution is 2.17. The molecule has 0 spiro atoms. The molecule has 2 N–H and O–H groups in total. The van der Waals surface area contributed by atoms with Crippen LogP contribution < -0.4 is 10.6 Å². The first kappa shape index (κ1) is 22.6. The zero-order valence-corrected chi connectivity index (χ0v) is 17.9. The largest absolute Gasteiger partial charge is 0.344 e. The van der Waals surface area contributed by atoms with Gasteiger partial charge < -0.3 is 10.6 Å². The molecule has 0 heterocycles. The first-order valence-corrected chi connectivity index (χ1v) is 10.7. The number of amides is 2. The van der Waals surface area contributed by atoms with Crippen LogP contribution in [0.5, 0.6) is 0 Å². The van der Waals surface area contributed by atoms with E-state index in [1.54, 1.807) is 0 Å². The van der Waals surface area contributed by atoms with Gasteiger partial charge in [-0.3, -0.25) is 9.59 Å². The van der Waals surface area contributed by atoms with E-state index in [0.29, 0.717) is 5.69 Å². The van der Waals surface area contributed by atoms with Crippen molar-refractivity contribution in [2.24, 2.45) is 5.92 Å². The summed E-state index contributed by atoms with van der Waals surface area (Å²) in [4.78, 5) is 25.2. The van der Waals surface area contributed by atoms with Crippen molar-refractivity contribution in [1.29, 1.82) is 0 Å². The van der Waals surface area contributed by atoms with Gasteiger partial charge in [-0.15, -0.1) is 0 Å². The van der Waals surface area contributed by atoms with E-state index in [2.05, 4.69) is 10.6 Å². The van der Waals surface area contributed by atoms with Gasteiger partial charge in [-0.25, -0.2) is 12.7 Å². The fourth-order valence-corrected chi connectivity index (χ4v) is 3.58. The molecule has 2 rings (SSSR count). The third-order valence-corrected chi connectivity index (χ3v) is 6.20. The smallest absolute Gasteiger partial charge is 0.247 e. The van der Waals surface area contributed by atoms with Gasteiger partial charge in [0.1, 0.15) is 6.04 Å². The zero-order chi connectivity index (χ0) is 21.6. The Labute approximate surface area is 172 Å². The van der Waals surface area contributed by atoms with Gasteiger partial charge in [-0.1, -0.05) is 44.2 Å². The number of sulfonamides is 1. The van der Waals surface area contributed by atoms with Gasteiger partial charge in [-0.2, -0.15) is 0 Å². The topological polar surface area (TPSA) is 95.6 Å². The van der Waals surface area contributed by atoms with E-state index in [4.69, 9.17) is 0 Å². The van der Waals surface area contributed by atoms with Gasteiger partial charge in [0.15, 0.2) is 0 Å². The molecule has 29 heavy (non-hydrogen) atoms. The second kappa shape index (κ2) is 9.67. The Morgan fingerprint density at radius 3 is 2.07 bits per heavy atom. The Balaban J connectivity index is 2.05. The highest BCUT2D eigenvalue weighted by molar-refractivity contribution is 7.89. The van der Waals surface area contributed by atoms with Crippen molar-refractivity contribution in [1.82, 2.24) is 9.62 Å². The molecule has 156 valence electrons. The second-order valence-corrected chi connectivity index (χ2v) is 9.40. The number of nitrogens with one attached hydrogen (secondary N) is 2. The number of benzene rings is 2. The molecular formula is C21H27N3O4S. The lowest BCUT2D eigenvalue weighted by atomic mass is 10.0. The molecule has 0 fully saturated rings. The maximum absolute atomic E-state index is 12.7. The van der Waals surface area contributed by atoms with Crippen LogP contribution in [0, 0.1) is 5.92 Å². The predicted molar refractivity (Wildman–Crippen MR) is 113 cm³/mol. The summed E-state index contributed by atoms with van der Waals surface area (Å²) in [6, 6.07) is 14.5. The van der Waals surface area contributed by atoms with Gasteiger partial charge in [-0.05, 0) is 35.7 Å². The lowest BCUT2D eigenvalue weighted by Crippen LogP contribution is -2.47. The monoisotopic (exact) mass is 417 g/mol. The minimum absolute atomic E-state index is 0.122. The lowest BCUT2D eigenvalue weighted by molar-refractivity contribution is -0.127. The third-order valence-electron chi connectivity index (χ3n) is 4.37. The molecule has 0 saturated heterocycles. The number of nitrogens with zero attached hydrogens (tertiary/aromatic N) is 1. The Hall–Kier alpha value is -2.71. The maximum atomic E-state index is 12.7. The highest BCUT2D eigenvalue weighted by Gasteiger charge is 2.24.